The van der Waals surface area contributed by atoms with Gasteiger partial charge in [-0.1, -0.05) is 28.1 Å². The van der Waals surface area contributed by atoms with Crippen LogP contribution in [-0.2, 0) is 4.74 Å². The molecule has 0 aromatic heterocycles. The van der Waals surface area contributed by atoms with Crippen LogP contribution in [0.5, 0.6) is 0 Å². The van der Waals surface area contributed by atoms with E-state index in [2.05, 4.69) is 38.8 Å². The first kappa shape index (κ1) is 22.9. The Kier molecular flexibility index (Phi) is 7.11. The molecule has 2 aromatic rings. The molecule has 1 fully saturated rings. The van der Waals surface area contributed by atoms with Gasteiger partial charge in [0.05, 0.1) is 24.5 Å². The van der Waals surface area contributed by atoms with E-state index in [1.54, 1.807) is 0 Å². The average molecular weight is 520 g/mol. The summed E-state index contributed by atoms with van der Waals surface area (Å²) in [5, 5.41) is 4.70. The second-order valence-electron chi connectivity index (χ2n) is 6.40. The largest absolute Gasteiger partial charge is 0.442 e. The van der Waals surface area contributed by atoms with Crippen molar-refractivity contribution in [2.24, 2.45) is 0 Å². The topological polar surface area (TPSA) is 70.7 Å². The van der Waals surface area contributed by atoms with Crippen molar-refractivity contribution < 1.29 is 27.1 Å². The molecule has 2 N–H and O–H groups in total. The van der Waals surface area contributed by atoms with E-state index in [0.717, 1.165) is 17.0 Å². The van der Waals surface area contributed by atoms with Crippen molar-refractivity contribution >= 4 is 56.3 Å². The van der Waals surface area contributed by atoms with Crippen LogP contribution in [0.2, 0.25) is 0 Å². The van der Waals surface area contributed by atoms with Crippen LogP contribution < -0.4 is 21.0 Å². The Morgan fingerprint density at radius 2 is 1.84 bits per heavy atom. The first-order valence-electron chi connectivity index (χ1n) is 8.75. The first-order valence-corrected chi connectivity index (χ1v) is 9.96. The molecule has 2 aromatic carbocycles. The van der Waals surface area contributed by atoms with Gasteiger partial charge in [0.25, 0.3) is 6.43 Å². The molecular weight excluding hydrogens is 506 g/mol. The molecule has 0 saturated carbocycles. The number of carbonyl (C=O) groups excluding carboxylic acids is 1. The van der Waals surface area contributed by atoms with E-state index in [1.807, 2.05) is 0 Å². The third-order valence-electron chi connectivity index (χ3n) is 4.24. The van der Waals surface area contributed by atoms with Gasteiger partial charge in [0.2, 0.25) is 5.43 Å². The second kappa shape index (κ2) is 9.60. The fourth-order valence-electron chi connectivity index (χ4n) is 2.75. The molecule has 6 nitrogen and oxygen atoms in total. The fourth-order valence-corrected chi connectivity index (χ4v) is 3.10. The van der Waals surface area contributed by atoms with Gasteiger partial charge in [-0.2, -0.15) is 0 Å². The third-order valence-corrected chi connectivity index (χ3v) is 5.09. The van der Waals surface area contributed by atoms with E-state index >= 15 is 0 Å². The smallest absolute Gasteiger partial charge is 0.414 e. The lowest BCUT2D eigenvalue weighted by molar-refractivity contribution is 0.142. The summed E-state index contributed by atoms with van der Waals surface area (Å²) in [5.41, 5.74) is -1.25. The number of nitrogens with one attached hydrogen (secondary N) is 2. The van der Waals surface area contributed by atoms with Crippen LogP contribution in [0.25, 0.3) is 0 Å². The highest BCUT2D eigenvalue weighted by Crippen LogP contribution is 2.30. The van der Waals surface area contributed by atoms with Gasteiger partial charge in [0.1, 0.15) is 16.8 Å². The first-order chi connectivity index (χ1) is 14.7. The quantitative estimate of drug-likeness (QED) is 0.437. The summed E-state index contributed by atoms with van der Waals surface area (Å²) in [4.78, 5) is 24.4. The zero-order valence-corrected chi connectivity index (χ0v) is 17.9. The van der Waals surface area contributed by atoms with Crippen LogP contribution in [0.1, 0.15) is 0 Å². The van der Waals surface area contributed by atoms with Gasteiger partial charge >= 0.3 is 6.09 Å². The molecule has 0 radical (unpaired) electrons. The van der Waals surface area contributed by atoms with Crippen LogP contribution in [0.3, 0.4) is 0 Å². The molecule has 31 heavy (non-hydrogen) atoms. The normalized spacial score (nSPS) is 15.7. The van der Waals surface area contributed by atoms with Gasteiger partial charge < -0.3 is 15.4 Å². The lowest BCUT2D eigenvalue weighted by Gasteiger charge is -2.16. The number of hydrogen-bond donors (Lipinski definition) is 2. The Labute approximate surface area is 187 Å². The summed E-state index contributed by atoms with van der Waals surface area (Å²) in [6.45, 7) is -0.306. The van der Waals surface area contributed by atoms with Crippen LogP contribution >= 0.6 is 28.1 Å². The minimum absolute atomic E-state index is 0.0574. The number of alkyl halides is 2. The molecule has 1 aliphatic rings. The summed E-state index contributed by atoms with van der Waals surface area (Å²) in [6.07, 6.45) is -4.59. The molecule has 1 amide bonds. The number of benzene rings is 1. The van der Waals surface area contributed by atoms with E-state index in [-0.39, 0.29) is 24.5 Å². The molecule has 164 valence electrons. The molecule has 1 aliphatic heterocycles. The number of thiocarbonyl (C=S) groups is 1. The molecule has 0 spiro atoms. The van der Waals surface area contributed by atoms with Crippen LogP contribution in [0.15, 0.2) is 45.7 Å². The Morgan fingerprint density at radius 1 is 1.19 bits per heavy atom. The molecule has 0 unspecified atom stereocenters. The molecule has 12 heteroatoms. The van der Waals surface area contributed by atoms with Crippen LogP contribution in [0, 0.1) is 11.6 Å². The molecular formula is C19H14BrF4N3O3S. The summed E-state index contributed by atoms with van der Waals surface area (Å²) in [6, 6.07) is 7.40. The van der Waals surface area contributed by atoms with Gasteiger partial charge in [-0.15, -0.1) is 0 Å². The number of halogens is 5. The zero-order chi connectivity index (χ0) is 22.7. The van der Waals surface area contributed by atoms with E-state index in [1.165, 1.54) is 24.3 Å². The molecule has 3 rings (SSSR count). The highest BCUT2D eigenvalue weighted by molar-refractivity contribution is 9.10. The monoisotopic (exact) mass is 519 g/mol. The minimum Gasteiger partial charge on any atom is -0.442 e. The number of ether oxygens (including phenoxy) is 1. The summed E-state index contributed by atoms with van der Waals surface area (Å²) in [5.74, 6) is -2.10. The van der Waals surface area contributed by atoms with Crippen molar-refractivity contribution in [3.05, 3.63) is 62.7 Å². The molecule has 1 heterocycles. The lowest BCUT2D eigenvalue weighted by Crippen LogP contribution is -2.36. The Balaban J connectivity index is 1.78. The minimum atomic E-state index is -2.85. The van der Waals surface area contributed by atoms with Gasteiger partial charge in [0, 0.05) is 16.6 Å². The number of cyclic esters (lactones) is 1. The number of nitrogens with zero attached hydrogens (tertiary/aromatic N) is 1. The van der Waals surface area contributed by atoms with Crippen molar-refractivity contribution in [1.29, 1.82) is 0 Å². The third kappa shape index (κ3) is 5.50. The SMILES string of the molecule is O=C1O[C@@H](CNC(=S)C(F)F)CN1c1cc(F)c(Nc2ccc(Br)ccc2=O)c(F)c1. The maximum absolute atomic E-state index is 14.6. The Bertz CT molecular complexity index is 1070. The summed E-state index contributed by atoms with van der Waals surface area (Å²) < 4.78 is 59.7. The van der Waals surface area contributed by atoms with Crippen molar-refractivity contribution in [2.45, 2.75) is 12.5 Å². The van der Waals surface area contributed by atoms with E-state index in [4.69, 9.17) is 4.74 Å². The number of carbonyl (C=O) groups is 1. The van der Waals surface area contributed by atoms with Crippen molar-refractivity contribution in [3.8, 4) is 0 Å². The zero-order valence-electron chi connectivity index (χ0n) is 15.5. The van der Waals surface area contributed by atoms with Crippen molar-refractivity contribution in [1.82, 2.24) is 5.32 Å². The van der Waals surface area contributed by atoms with E-state index in [0.29, 0.717) is 4.47 Å². The molecule has 0 bridgehead atoms. The predicted molar refractivity (Wildman–Crippen MR) is 114 cm³/mol. The highest BCUT2D eigenvalue weighted by atomic mass is 79.9. The lowest BCUT2D eigenvalue weighted by atomic mass is 10.2. The van der Waals surface area contributed by atoms with Crippen molar-refractivity contribution in [2.75, 3.05) is 23.3 Å². The maximum Gasteiger partial charge on any atom is 0.414 e. The highest BCUT2D eigenvalue weighted by Gasteiger charge is 2.33. The Hall–Kier alpha value is -2.73. The Morgan fingerprint density at radius 3 is 2.48 bits per heavy atom. The van der Waals surface area contributed by atoms with Gasteiger partial charge in [0.15, 0.2) is 11.6 Å². The molecule has 0 aliphatic carbocycles. The predicted octanol–water partition coefficient (Wildman–Crippen LogP) is 4.34. The number of rotatable bonds is 6. The standard InChI is InChI=1S/C19H14BrF4N3O3S/c20-9-1-3-14(15(28)4-2-9)26-16-12(21)5-10(6-13(16)22)27-8-11(30-19(27)29)7-25-18(31)17(23)24/h1-6,11,17H,7-8H2,(H,25,31)(H,26,28)/t11-/m0/s1. The molecule has 1 saturated heterocycles. The van der Waals surface area contributed by atoms with Gasteiger partial charge in [-0.05, 0) is 24.3 Å². The number of anilines is 3. The van der Waals surface area contributed by atoms with E-state index in [9.17, 15) is 27.2 Å². The number of hydrogen-bond acceptors (Lipinski definition) is 5. The summed E-state index contributed by atoms with van der Waals surface area (Å²) >= 11 is 7.64. The number of amides is 1. The summed E-state index contributed by atoms with van der Waals surface area (Å²) in [7, 11) is 0. The van der Waals surface area contributed by atoms with Crippen LogP contribution in [0.4, 0.5) is 39.4 Å². The van der Waals surface area contributed by atoms with Gasteiger partial charge in [-0.3, -0.25) is 9.69 Å². The van der Waals surface area contributed by atoms with Gasteiger partial charge in [-0.25, -0.2) is 22.4 Å². The second-order valence-corrected chi connectivity index (χ2v) is 7.76. The fraction of sp³-hybridized carbons (Fsp3) is 0.211. The maximum atomic E-state index is 14.6. The molecule has 1 atom stereocenters. The van der Waals surface area contributed by atoms with Crippen molar-refractivity contribution in [3.63, 3.8) is 0 Å². The average Bonchev–Trinajstić information content (AvgIpc) is 3.01. The van der Waals surface area contributed by atoms with E-state index < -0.39 is 46.4 Å². The van der Waals surface area contributed by atoms with Crippen LogP contribution in [-0.4, -0.2) is 36.7 Å².